The molecule has 1 unspecified atom stereocenters. The van der Waals surface area contributed by atoms with Crippen LogP contribution in [0.1, 0.15) is 50.2 Å². The van der Waals surface area contributed by atoms with Gasteiger partial charge in [0.1, 0.15) is 0 Å². The summed E-state index contributed by atoms with van der Waals surface area (Å²) in [5.41, 5.74) is 1.91. The van der Waals surface area contributed by atoms with E-state index in [2.05, 4.69) is 38.1 Å². The second-order valence-electron chi connectivity index (χ2n) is 7.85. The summed E-state index contributed by atoms with van der Waals surface area (Å²) >= 11 is 0. The van der Waals surface area contributed by atoms with Crippen molar-refractivity contribution in [1.82, 2.24) is 9.21 Å². The fourth-order valence-electron chi connectivity index (χ4n) is 4.03. The van der Waals surface area contributed by atoms with Crippen molar-refractivity contribution in [2.45, 2.75) is 45.6 Å². The highest BCUT2D eigenvalue weighted by Crippen LogP contribution is 2.41. The van der Waals surface area contributed by atoms with Gasteiger partial charge in [-0.05, 0) is 36.3 Å². The van der Waals surface area contributed by atoms with Gasteiger partial charge >= 0.3 is 0 Å². The largest absolute Gasteiger partial charge is 0.338 e. The molecular weight excluding hydrogens is 336 g/mol. The summed E-state index contributed by atoms with van der Waals surface area (Å²) < 4.78 is 25.1. The van der Waals surface area contributed by atoms with Crippen LogP contribution >= 0.6 is 0 Å². The Kier molecular flexibility index (Phi) is 4.95. The Labute approximate surface area is 151 Å². The van der Waals surface area contributed by atoms with E-state index in [0.717, 1.165) is 24.9 Å². The maximum Gasteiger partial charge on any atom is 0.230 e. The van der Waals surface area contributed by atoms with Gasteiger partial charge in [0.15, 0.2) is 0 Å². The van der Waals surface area contributed by atoms with Crippen molar-refractivity contribution in [1.29, 1.82) is 0 Å². The summed E-state index contributed by atoms with van der Waals surface area (Å²) in [6.07, 6.45) is 3.60. The van der Waals surface area contributed by atoms with Gasteiger partial charge in [-0.25, -0.2) is 12.7 Å². The van der Waals surface area contributed by atoms with Crippen molar-refractivity contribution < 1.29 is 13.2 Å². The van der Waals surface area contributed by atoms with E-state index in [4.69, 9.17) is 0 Å². The van der Waals surface area contributed by atoms with E-state index in [9.17, 15) is 13.2 Å². The van der Waals surface area contributed by atoms with Crippen LogP contribution in [0.5, 0.6) is 0 Å². The first-order chi connectivity index (χ1) is 11.7. The topological polar surface area (TPSA) is 57.7 Å². The van der Waals surface area contributed by atoms with Crippen LogP contribution in [0.2, 0.25) is 0 Å². The summed E-state index contributed by atoms with van der Waals surface area (Å²) in [7, 11) is -3.23. The van der Waals surface area contributed by atoms with Crippen molar-refractivity contribution in [2.75, 3.05) is 25.9 Å². The highest BCUT2D eigenvalue weighted by Gasteiger charge is 2.50. The number of carbonyl (C=O) groups excluding carboxylic acids is 1. The molecule has 0 radical (unpaired) electrons. The zero-order chi connectivity index (χ0) is 18.2. The Morgan fingerprint density at radius 1 is 1.12 bits per heavy atom. The van der Waals surface area contributed by atoms with E-state index in [1.165, 1.54) is 16.1 Å². The van der Waals surface area contributed by atoms with Crippen molar-refractivity contribution in [3.05, 3.63) is 35.4 Å². The van der Waals surface area contributed by atoms with Crippen molar-refractivity contribution in [2.24, 2.45) is 5.41 Å². The van der Waals surface area contributed by atoms with Gasteiger partial charge in [-0.1, -0.05) is 38.1 Å². The predicted molar refractivity (Wildman–Crippen MR) is 98.6 cm³/mol. The molecule has 6 heteroatoms. The summed E-state index contributed by atoms with van der Waals surface area (Å²) in [6.45, 7) is 6.50. The highest BCUT2D eigenvalue weighted by molar-refractivity contribution is 7.88. The minimum atomic E-state index is -3.23. The van der Waals surface area contributed by atoms with Gasteiger partial charge in [0.2, 0.25) is 15.9 Å². The molecule has 25 heavy (non-hydrogen) atoms. The summed E-state index contributed by atoms with van der Waals surface area (Å²) in [5.74, 6) is 0.618. The van der Waals surface area contributed by atoms with Crippen LogP contribution < -0.4 is 0 Å². The minimum absolute atomic E-state index is 0.123. The molecule has 0 N–H and O–H groups in total. The number of carbonyl (C=O) groups is 1. The maximum atomic E-state index is 13.1. The number of sulfonamides is 1. The van der Waals surface area contributed by atoms with Crippen LogP contribution in [0.4, 0.5) is 0 Å². The van der Waals surface area contributed by atoms with Crippen LogP contribution in [0.15, 0.2) is 24.3 Å². The number of amides is 1. The second-order valence-corrected chi connectivity index (χ2v) is 9.84. The monoisotopic (exact) mass is 364 g/mol. The fraction of sp³-hybridized carbons (Fsp3) is 0.632. The molecule has 1 aromatic carbocycles. The number of piperidine rings is 1. The van der Waals surface area contributed by atoms with Gasteiger partial charge in [0.25, 0.3) is 0 Å². The van der Waals surface area contributed by atoms with Gasteiger partial charge in [-0.2, -0.15) is 0 Å². The lowest BCUT2D eigenvalue weighted by Gasteiger charge is -2.39. The third-order valence-corrected chi connectivity index (χ3v) is 6.88. The minimum Gasteiger partial charge on any atom is -0.338 e. The average molecular weight is 365 g/mol. The van der Waals surface area contributed by atoms with Crippen molar-refractivity contribution >= 4 is 15.9 Å². The van der Waals surface area contributed by atoms with E-state index >= 15 is 0 Å². The number of hydrogen-bond donors (Lipinski definition) is 0. The Morgan fingerprint density at radius 3 is 2.36 bits per heavy atom. The van der Waals surface area contributed by atoms with Crippen molar-refractivity contribution in [3.63, 3.8) is 0 Å². The number of likely N-dealkylation sites (tertiary alicyclic amines) is 1. The Balaban J connectivity index is 1.72. The van der Waals surface area contributed by atoms with Gasteiger partial charge in [0.05, 0.1) is 11.7 Å². The second kappa shape index (κ2) is 6.72. The number of benzene rings is 1. The molecule has 1 amide bonds. The lowest BCUT2D eigenvalue weighted by molar-refractivity contribution is -0.146. The molecule has 1 aromatic rings. The Morgan fingerprint density at radius 2 is 1.80 bits per heavy atom. The first-order valence-electron chi connectivity index (χ1n) is 9.05. The number of hydrogen-bond acceptors (Lipinski definition) is 3. The molecule has 138 valence electrons. The molecule has 2 fully saturated rings. The molecule has 2 heterocycles. The van der Waals surface area contributed by atoms with Crippen LogP contribution in [0.3, 0.4) is 0 Å². The van der Waals surface area contributed by atoms with Gasteiger partial charge in [-0.15, -0.1) is 0 Å². The van der Waals surface area contributed by atoms with Crippen LogP contribution in [0, 0.1) is 5.41 Å². The quantitative estimate of drug-likeness (QED) is 0.825. The SMILES string of the molecule is CC(C)c1ccc(CN2CCCC3(CCN(S(C)(=O)=O)C3)C2=O)cc1. The molecule has 5 nitrogen and oxygen atoms in total. The maximum absolute atomic E-state index is 13.1. The van der Waals surface area contributed by atoms with E-state index in [1.807, 2.05) is 4.90 Å². The molecule has 1 atom stereocenters. The summed E-state index contributed by atoms with van der Waals surface area (Å²) in [4.78, 5) is 15.0. The molecule has 0 bridgehead atoms. The molecule has 3 rings (SSSR count). The van der Waals surface area contributed by atoms with E-state index in [0.29, 0.717) is 32.0 Å². The van der Waals surface area contributed by atoms with Crippen LogP contribution in [-0.4, -0.2) is 49.4 Å². The standard InChI is InChI=1S/C19H28N2O3S/c1-15(2)17-7-5-16(6-8-17)13-20-11-4-9-19(18(20)22)10-12-21(14-19)25(3,23)24/h5-8,15H,4,9-14H2,1-3H3. The zero-order valence-electron chi connectivity index (χ0n) is 15.4. The first-order valence-corrected chi connectivity index (χ1v) is 10.9. The molecule has 0 aromatic heterocycles. The summed E-state index contributed by atoms with van der Waals surface area (Å²) in [6, 6.07) is 8.46. The Hall–Kier alpha value is -1.40. The lowest BCUT2D eigenvalue weighted by atomic mass is 9.78. The Bertz CT molecular complexity index is 742. The summed E-state index contributed by atoms with van der Waals surface area (Å²) in [5, 5.41) is 0. The number of rotatable bonds is 4. The molecular formula is C19H28N2O3S. The zero-order valence-corrected chi connectivity index (χ0v) is 16.2. The number of nitrogens with zero attached hydrogens (tertiary/aromatic N) is 2. The van der Waals surface area contributed by atoms with Crippen LogP contribution in [0.25, 0.3) is 0 Å². The molecule has 0 saturated carbocycles. The molecule has 2 saturated heterocycles. The molecule has 2 aliphatic heterocycles. The molecule has 2 aliphatic rings. The van der Waals surface area contributed by atoms with Gasteiger partial charge < -0.3 is 4.90 Å². The van der Waals surface area contributed by atoms with Gasteiger partial charge in [-0.3, -0.25) is 4.79 Å². The van der Waals surface area contributed by atoms with E-state index in [1.54, 1.807) is 0 Å². The highest BCUT2D eigenvalue weighted by atomic mass is 32.2. The van der Waals surface area contributed by atoms with Gasteiger partial charge in [0, 0.05) is 26.2 Å². The van der Waals surface area contributed by atoms with Crippen molar-refractivity contribution in [3.8, 4) is 0 Å². The van der Waals surface area contributed by atoms with Crippen LogP contribution in [-0.2, 0) is 21.4 Å². The van der Waals surface area contributed by atoms with E-state index < -0.39 is 15.4 Å². The predicted octanol–water partition coefficient (Wildman–Crippen LogP) is 2.58. The molecule has 1 spiro atoms. The smallest absolute Gasteiger partial charge is 0.230 e. The lowest BCUT2D eigenvalue weighted by Crippen LogP contribution is -2.49. The fourth-order valence-corrected chi connectivity index (χ4v) is 4.93. The molecule has 0 aliphatic carbocycles. The first kappa shape index (κ1) is 18.4. The third-order valence-electron chi connectivity index (χ3n) is 5.63. The average Bonchev–Trinajstić information content (AvgIpc) is 2.98. The van der Waals surface area contributed by atoms with E-state index in [-0.39, 0.29) is 5.91 Å². The third kappa shape index (κ3) is 3.75. The normalized spacial score (nSPS) is 25.3.